The maximum Gasteiger partial charge on any atom is 0.415 e. The monoisotopic (exact) mass is 262 g/mol. The molecule has 0 aromatic heterocycles. The van der Waals surface area contributed by atoms with Crippen molar-refractivity contribution in [2.75, 3.05) is 20.6 Å². The highest BCUT2D eigenvalue weighted by Crippen LogP contribution is 2.21. The van der Waals surface area contributed by atoms with E-state index in [1.54, 1.807) is 38.4 Å². The van der Waals surface area contributed by atoms with Gasteiger partial charge in [0.05, 0.1) is 0 Å². The fourth-order valence-corrected chi connectivity index (χ4v) is 2.19. The minimum atomic E-state index is -0.455. The number of likely N-dealkylation sites (tertiary alicyclic amines) is 1. The molecule has 0 spiro atoms. The minimum absolute atomic E-state index is 0.0532. The molecule has 19 heavy (non-hydrogen) atoms. The van der Waals surface area contributed by atoms with Gasteiger partial charge in [0.1, 0.15) is 11.8 Å². The molecule has 5 heteroatoms. The van der Waals surface area contributed by atoms with Crippen LogP contribution in [-0.4, -0.2) is 48.5 Å². The van der Waals surface area contributed by atoms with Crippen molar-refractivity contribution in [2.24, 2.45) is 0 Å². The van der Waals surface area contributed by atoms with Crippen LogP contribution >= 0.6 is 0 Å². The van der Waals surface area contributed by atoms with E-state index >= 15 is 0 Å². The Morgan fingerprint density at radius 3 is 2.58 bits per heavy atom. The molecule has 1 heterocycles. The van der Waals surface area contributed by atoms with Crippen molar-refractivity contribution in [1.82, 2.24) is 9.80 Å². The van der Waals surface area contributed by atoms with Gasteiger partial charge in [0.2, 0.25) is 5.91 Å². The highest BCUT2D eigenvalue weighted by atomic mass is 16.6. The van der Waals surface area contributed by atoms with Crippen molar-refractivity contribution in [1.29, 1.82) is 0 Å². The number of hydrogen-bond acceptors (Lipinski definition) is 3. The molecular formula is C14H18N2O3. The SMILES string of the molecule is CN(C)C(=O)C1CCCN1C(=O)Oc1ccccc1. The van der Waals surface area contributed by atoms with Crippen LogP contribution in [0.4, 0.5) is 4.79 Å². The molecule has 1 aliphatic rings. The van der Waals surface area contributed by atoms with Crippen molar-refractivity contribution in [3.05, 3.63) is 30.3 Å². The molecule has 0 N–H and O–H groups in total. The molecule has 5 nitrogen and oxygen atoms in total. The summed E-state index contributed by atoms with van der Waals surface area (Å²) in [4.78, 5) is 27.1. The second-order valence-electron chi connectivity index (χ2n) is 4.77. The number of hydrogen-bond donors (Lipinski definition) is 0. The maximum atomic E-state index is 12.1. The number of amides is 2. The average molecular weight is 262 g/mol. The summed E-state index contributed by atoms with van der Waals surface area (Å²) in [6.45, 7) is 0.565. The molecule has 1 aromatic rings. The first kappa shape index (κ1) is 13.4. The topological polar surface area (TPSA) is 49.9 Å². The summed E-state index contributed by atoms with van der Waals surface area (Å²) in [5.41, 5.74) is 0. The molecule has 0 saturated carbocycles. The summed E-state index contributed by atoms with van der Waals surface area (Å²) in [6.07, 6.45) is 1.07. The average Bonchev–Trinajstić information content (AvgIpc) is 2.88. The third-order valence-electron chi connectivity index (χ3n) is 3.16. The second kappa shape index (κ2) is 5.73. The number of para-hydroxylation sites is 1. The Morgan fingerprint density at radius 1 is 1.26 bits per heavy atom. The lowest BCUT2D eigenvalue weighted by Crippen LogP contribution is -2.46. The van der Waals surface area contributed by atoms with Gasteiger partial charge in [-0.2, -0.15) is 0 Å². The van der Waals surface area contributed by atoms with Crippen LogP contribution in [0.3, 0.4) is 0 Å². The molecule has 0 aliphatic carbocycles. The number of carbonyl (C=O) groups is 2. The largest absolute Gasteiger partial charge is 0.415 e. The van der Waals surface area contributed by atoms with Gasteiger partial charge in [0, 0.05) is 20.6 Å². The standard InChI is InChI=1S/C14H18N2O3/c1-15(2)13(17)12-9-6-10-16(12)14(18)19-11-7-4-3-5-8-11/h3-5,7-8,12H,6,9-10H2,1-2H3. The Morgan fingerprint density at radius 2 is 1.95 bits per heavy atom. The Kier molecular flexibility index (Phi) is 4.04. The van der Waals surface area contributed by atoms with E-state index in [4.69, 9.17) is 4.74 Å². The lowest BCUT2D eigenvalue weighted by Gasteiger charge is -2.25. The third-order valence-corrected chi connectivity index (χ3v) is 3.16. The molecule has 1 aromatic carbocycles. The Labute approximate surface area is 112 Å². The quantitative estimate of drug-likeness (QED) is 0.815. The molecule has 0 bridgehead atoms. The zero-order valence-electron chi connectivity index (χ0n) is 11.2. The van der Waals surface area contributed by atoms with E-state index in [-0.39, 0.29) is 5.91 Å². The van der Waals surface area contributed by atoms with Crippen molar-refractivity contribution < 1.29 is 14.3 Å². The highest BCUT2D eigenvalue weighted by molar-refractivity contribution is 5.86. The molecule has 1 unspecified atom stereocenters. The first-order valence-corrected chi connectivity index (χ1v) is 6.34. The first-order chi connectivity index (χ1) is 9.09. The number of benzene rings is 1. The van der Waals surface area contributed by atoms with Crippen LogP contribution in [-0.2, 0) is 4.79 Å². The molecule has 1 saturated heterocycles. The molecule has 2 rings (SSSR count). The van der Waals surface area contributed by atoms with Crippen LogP contribution in [0.5, 0.6) is 5.75 Å². The first-order valence-electron chi connectivity index (χ1n) is 6.34. The zero-order chi connectivity index (χ0) is 13.8. The summed E-state index contributed by atoms with van der Waals surface area (Å²) in [7, 11) is 3.39. The van der Waals surface area contributed by atoms with Crippen LogP contribution in [0.15, 0.2) is 30.3 Å². The van der Waals surface area contributed by atoms with Crippen LogP contribution in [0.1, 0.15) is 12.8 Å². The van der Waals surface area contributed by atoms with E-state index in [0.717, 1.165) is 6.42 Å². The minimum Gasteiger partial charge on any atom is -0.410 e. The fourth-order valence-electron chi connectivity index (χ4n) is 2.19. The second-order valence-corrected chi connectivity index (χ2v) is 4.77. The lowest BCUT2D eigenvalue weighted by atomic mass is 10.2. The highest BCUT2D eigenvalue weighted by Gasteiger charge is 2.36. The predicted octanol–water partition coefficient (Wildman–Crippen LogP) is 1.74. The molecular weight excluding hydrogens is 244 g/mol. The van der Waals surface area contributed by atoms with Crippen LogP contribution in [0.25, 0.3) is 0 Å². The summed E-state index contributed by atoms with van der Waals surface area (Å²) >= 11 is 0. The van der Waals surface area contributed by atoms with Gasteiger partial charge in [-0.3, -0.25) is 9.69 Å². The predicted molar refractivity (Wildman–Crippen MR) is 70.9 cm³/mol. The zero-order valence-corrected chi connectivity index (χ0v) is 11.2. The summed E-state index contributed by atoms with van der Waals surface area (Å²) < 4.78 is 5.27. The molecule has 0 radical (unpaired) electrons. The van der Waals surface area contributed by atoms with E-state index in [9.17, 15) is 9.59 Å². The van der Waals surface area contributed by atoms with Gasteiger partial charge in [0.15, 0.2) is 0 Å². The molecule has 1 aliphatic heterocycles. The Hall–Kier alpha value is -2.04. The van der Waals surface area contributed by atoms with Gasteiger partial charge >= 0.3 is 6.09 Å². The smallest absolute Gasteiger partial charge is 0.410 e. The van der Waals surface area contributed by atoms with Crippen LogP contribution in [0.2, 0.25) is 0 Å². The van der Waals surface area contributed by atoms with Gasteiger partial charge < -0.3 is 9.64 Å². The summed E-state index contributed by atoms with van der Waals surface area (Å²) in [6, 6.07) is 8.49. The van der Waals surface area contributed by atoms with E-state index in [1.165, 1.54) is 9.80 Å². The molecule has 1 atom stereocenters. The van der Waals surface area contributed by atoms with Crippen molar-refractivity contribution in [3.8, 4) is 5.75 Å². The normalized spacial score (nSPS) is 18.2. The van der Waals surface area contributed by atoms with Gasteiger partial charge in [-0.25, -0.2) is 4.79 Å². The van der Waals surface area contributed by atoms with Crippen LogP contribution < -0.4 is 4.74 Å². The number of nitrogens with zero attached hydrogens (tertiary/aromatic N) is 2. The fraction of sp³-hybridized carbons (Fsp3) is 0.429. The van der Waals surface area contributed by atoms with E-state index in [0.29, 0.717) is 18.7 Å². The maximum absolute atomic E-state index is 12.1. The summed E-state index contributed by atoms with van der Waals surface area (Å²) in [5, 5.41) is 0. The third kappa shape index (κ3) is 3.05. The number of carbonyl (C=O) groups excluding carboxylic acids is 2. The van der Waals surface area contributed by atoms with E-state index in [1.807, 2.05) is 6.07 Å². The van der Waals surface area contributed by atoms with Crippen molar-refractivity contribution in [3.63, 3.8) is 0 Å². The molecule has 2 amide bonds. The van der Waals surface area contributed by atoms with Gasteiger partial charge in [-0.15, -0.1) is 0 Å². The Balaban J connectivity index is 2.04. The van der Waals surface area contributed by atoms with Gasteiger partial charge in [-0.05, 0) is 25.0 Å². The lowest BCUT2D eigenvalue weighted by molar-refractivity contribution is -0.132. The molecule has 1 fully saturated rings. The van der Waals surface area contributed by atoms with E-state index < -0.39 is 12.1 Å². The number of likely N-dealkylation sites (N-methyl/N-ethyl adjacent to an activating group) is 1. The molecule has 102 valence electrons. The number of rotatable bonds is 2. The summed E-state index contributed by atoms with van der Waals surface area (Å²) in [5.74, 6) is 0.443. The Bertz CT molecular complexity index is 459. The van der Waals surface area contributed by atoms with Crippen LogP contribution in [0, 0.1) is 0 Å². The van der Waals surface area contributed by atoms with Crippen molar-refractivity contribution in [2.45, 2.75) is 18.9 Å². The van der Waals surface area contributed by atoms with E-state index in [2.05, 4.69) is 0 Å². The number of ether oxygens (including phenoxy) is 1. The van der Waals surface area contributed by atoms with Crippen molar-refractivity contribution >= 4 is 12.0 Å². The van der Waals surface area contributed by atoms with Gasteiger partial charge in [0.25, 0.3) is 0 Å². The van der Waals surface area contributed by atoms with Gasteiger partial charge in [-0.1, -0.05) is 18.2 Å².